The summed E-state index contributed by atoms with van der Waals surface area (Å²) in [5.41, 5.74) is 8.06. The van der Waals surface area contributed by atoms with Crippen LogP contribution >= 0.6 is 11.3 Å². The topological polar surface area (TPSA) is 26.0 Å². The van der Waals surface area contributed by atoms with Crippen molar-refractivity contribution in [2.75, 3.05) is 0 Å². The van der Waals surface area contributed by atoms with Gasteiger partial charge in [-0.15, -0.1) is 11.3 Å². The molecule has 0 aliphatic rings. The molecule has 1 aromatic heterocycles. The Bertz CT molecular complexity index is 465. The molecule has 2 aromatic rings. The number of rotatable bonds is 3. The first kappa shape index (κ1) is 11.3. The molecule has 0 aliphatic heterocycles. The first-order valence-corrected chi connectivity index (χ1v) is 6.09. The van der Waals surface area contributed by atoms with Crippen LogP contribution in [0, 0.1) is 12.7 Å². The van der Waals surface area contributed by atoms with E-state index >= 15 is 0 Å². The fraction of sp³-hybridized carbons (Fsp3) is 0.231. The fourth-order valence-corrected chi connectivity index (χ4v) is 2.58. The number of aryl methyl sites for hydroxylation is 1. The van der Waals surface area contributed by atoms with Crippen LogP contribution in [0.2, 0.25) is 0 Å². The van der Waals surface area contributed by atoms with Crippen LogP contribution in [-0.4, -0.2) is 0 Å². The summed E-state index contributed by atoms with van der Waals surface area (Å²) in [6.07, 6.45) is 0.810. The van der Waals surface area contributed by atoms with Crippen molar-refractivity contribution in [2.24, 2.45) is 5.73 Å². The third kappa shape index (κ3) is 2.49. The Balaban J connectivity index is 2.17. The van der Waals surface area contributed by atoms with Crippen molar-refractivity contribution in [1.82, 2.24) is 0 Å². The Morgan fingerprint density at radius 2 is 2.19 bits per heavy atom. The van der Waals surface area contributed by atoms with Crippen LogP contribution in [0.4, 0.5) is 4.39 Å². The van der Waals surface area contributed by atoms with Gasteiger partial charge in [0.1, 0.15) is 5.82 Å². The molecule has 1 atom stereocenters. The number of halogens is 1. The molecule has 2 rings (SSSR count). The van der Waals surface area contributed by atoms with Gasteiger partial charge in [-0.25, -0.2) is 4.39 Å². The average molecular weight is 235 g/mol. The van der Waals surface area contributed by atoms with Crippen LogP contribution in [0.5, 0.6) is 0 Å². The van der Waals surface area contributed by atoms with E-state index in [-0.39, 0.29) is 11.9 Å². The molecule has 3 heteroatoms. The number of thiophene rings is 1. The van der Waals surface area contributed by atoms with E-state index in [4.69, 9.17) is 5.73 Å². The molecule has 0 fully saturated rings. The lowest BCUT2D eigenvalue weighted by atomic mass is 9.99. The van der Waals surface area contributed by atoms with Gasteiger partial charge < -0.3 is 5.73 Å². The molecule has 0 bridgehead atoms. The van der Waals surface area contributed by atoms with Crippen LogP contribution in [0.1, 0.15) is 22.0 Å². The van der Waals surface area contributed by atoms with Crippen molar-refractivity contribution in [3.05, 3.63) is 57.5 Å². The zero-order valence-electron chi connectivity index (χ0n) is 9.11. The molecule has 0 saturated carbocycles. The summed E-state index contributed by atoms with van der Waals surface area (Å²) >= 11 is 1.70. The Morgan fingerprint density at radius 1 is 1.38 bits per heavy atom. The van der Waals surface area contributed by atoms with Gasteiger partial charge in [-0.3, -0.25) is 0 Å². The standard InChI is InChI=1S/C13H14FNS/c1-9-7-10(14)4-5-12(9)13(15)8-11-3-2-6-16-11/h2-7,13H,8,15H2,1H3. The highest BCUT2D eigenvalue weighted by Crippen LogP contribution is 2.22. The molecule has 0 spiro atoms. The van der Waals surface area contributed by atoms with Gasteiger partial charge in [0.2, 0.25) is 0 Å². The van der Waals surface area contributed by atoms with E-state index in [9.17, 15) is 4.39 Å². The normalized spacial score (nSPS) is 12.7. The van der Waals surface area contributed by atoms with E-state index in [1.54, 1.807) is 17.4 Å². The third-order valence-electron chi connectivity index (χ3n) is 2.63. The highest BCUT2D eigenvalue weighted by molar-refractivity contribution is 7.09. The molecule has 1 aromatic carbocycles. The quantitative estimate of drug-likeness (QED) is 0.866. The van der Waals surface area contributed by atoms with E-state index in [1.165, 1.54) is 17.0 Å². The van der Waals surface area contributed by atoms with Gasteiger partial charge in [0.05, 0.1) is 0 Å². The lowest BCUT2D eigenvalue weighted by molar-refractivity contribution is 0.622. The van der Waals surface area contributed by atoms with Crippen LogP contribution in [0.25, 0.3) is 0 Å². The Labute approximate surface area is 98.7 Å². The van der Waals surface area contributed by atoms with Gasteiger partial charge in [-0.05, 0) is 41.6 Å². The van der Waals surface area contributed by atoms with Gasteiger partial charge in [-0.2, -0.15) is 0 Å². The van der Waals surface area contributed by atoms with Gasteiger partial charge >= 0.3 is 0 Å². The second kappa shape index (κ2) is 4.76. The summed E-state index contributed by atoms with van der Waals surface area (Å²) in [7, 11) is 0. The lowest BCUT2D eigenvalue weighted by Gasteiger charge is -2.13. The summed E-state index contributed by atoms with van der Waals surface area (Å²) in [4.78, 5) is 1.26. The zero-order valence-corrected chi connectivity index (χ0v) is 9.93. The molecule has 16 heavy (non-hydrogen) atoms. The highest BCUT2D eigenvalue weighted by atomic mass is 32.1. The molecule has 2 N–H and O–H groups in total. The van der Waals surface area contributed by atoms with Gasteiger partial charge in [-0.1, -0.05) is 12.1 Å². The maximum absolute atomic E-state index is 12.9. The summed E-state index contributed by atoms with van der Waals surface area (Å²) in [5, 5.41) is 2.04. The molecule has 0 radical (unpaired) electrons. The Kier molecular flexibility index (Phi) is 3.36. The molecule has 0 aliphatic carbocycles. The second-order valence-corrected chi connectivity index (χ2v) is 4.92. The minimum atomic E-state index is -0.204. The van der Waals surface area contributed by atoms with E-state index in [1.807, 2.05) is 18.4 Å². The van der Waals surface area contributed by atoms with E-state index < -0.39 is 0 Å². The lowest BCUT2D eigenvalue weighted by Crippen LogP contribution is -2.14. The molecular weight excluding hydrogens is 221 g/mol. The molecule has 84 valence electrons. The molecule has 0 amide bonds. The summed E-state index contributed by atoms with van der Waals surface area (Å²) < 4.78 is 12.9. The molecule has 1 nitrogen and oxygen atoms in total. The monoisotopic (exact) mass is 235 g/mol. The SMILES string of the molecule is Cc1cc(F)ccc1C(N)Cc1cccs1. The van der Waals surface area contributed by atoms with Crippen LogP contribution in [-0.2, 0) is 6.42 Å². The number of nitrogens with two attached hydrogens (primary N) is 1. The van der Waals surface area contributed by atoms with E-state index in [0.717, 1.165) is 17.5 Å². The predicted octanol–water partition coefficient (Wildman–Crippen LogP) is 3.44. The van der Waals surface area contributed by atoms with Crippen molar-refractivity contribution in [1.29, 1.82) is 0 Å². The van der Waals surface area contributed by atoms with Crippen LogP contribution in [0.15, 0.2) is 35.7 Å². The zero-order chi connectivity index (χ0) is 11.5. The molecule has 1 heterocycles. The van der Waals surface area contributed by atoms with Crippen molar-refractivity contribution >= 4 is 11.3 Å². The highest BCUT2D eigenvalue weighted by Gasteiger charge is 2.10. The first-order valence-electron chi connectivity index (χ1n) is 5.21. The van der Waals surface area contributed by atoms with Gasteiger partial charge in [0.15, 0.2) is 0 Å². The van der Waals surface area contributed by atoms with Crippen molar-refractivity contribution in [2.45, 2.75) is 19.4 Å². The maximum Gasteiger partial charge on any atom is 0.123 e. The number of benzene rings is 1. The predicted molar refractivity (Wildman–Crippen MR) is 66.1 cm³/mol. The average Bonchev–Trinajstić information content (AvgIpc) is 2.70. The van der Waals surface area contributed by atoms with Crippen LogP contribution < -0.4 is 5.73 Å². The summed E-state index contributed by atoms with van der Waals surface area (Å²) in [6, 6.07) is 8.82. The van der Waals surface area contributed by atoms with E-state index in [2.05, 4.69) is 6.07 Å². The maximum atomic E-state index is 12.9. The largest absolute Gasteiger partial charge is 0.324 e. The van der Waals surface area contributed by atoms with Crippen molar-refractivity contribution in [3.63, 3.8) is 0 Å². The Morgan fingerprint density at radius 3 is 2.81 bits per heavy atom. The summed E-state index contributed by atoms with van der Waals surface area (Å²) in [6.45, 7) is 1.90. The molecular formula is C13H14FNS. The summed E-state index contributed by atoms with van der Waals surface area (Å²) in [5.74, 6) is -0.204. The fourth-order valence-electron chi connectivity index (χ4n) is 1.81. The second-order valence-electron chi connectivity index (χ2n) is 3.89. The minimum Gasteiger partial charge on any atom is -0.324 e. The molecule has 1 unspecified atom stereocenters. The minimum absolute atomic E-state index is 0.0563. The van der Waals surface area contributed by atoms with Gasteiger partial charge in [0, 0.05) is 17.3 Å². The number of hydrogen-bond donors (Lipinski definition) is 1. The Hall–Kier alpha value is -1.19. The van der Waals surface area contributed by atoms with Crippen molar-refractivity contribution < 1.29 is 4.39 Å². The third-order valence-corrected chi connectivity index (χ3v) is 3.53. The van der Waals surface area contributed by atoms with Crippen molar-refractivity contribution in [3.8, 4) is 0 Å². The number of hydrogen-bond acceptors (Lipinski definition) is 2. The smallest absolute Gasteiger partial charge is 0.123 e. The first-order chi connectivity index (χ1) is 7.66. The van der Waals surface area contributed by atoms with E-state index in [0.29, 0.717) is 0 Å². The van der Waals surface area contributed by atoms with Gasteiger partial charge in [0.25, 0.3) is 0 Å². The van der Waals surface area contributed by atoms with Crippen LogP contribution in [0.3, 0.4) is 0 Å². The molecule has 0 saturated heterocycles.